The van der Waals surface area contributed by atoms with Crippen molar-refractivity contribution in [2.24, 2.45) is 0 Å². The highest BCUT2D eigenvalue weighted by Crippen LogP contribution is 2.35. The lowest BCUT2D eigenvalue weighted by Crippen LogP contribution is -2.45. The Morgan fingerprint density at radius 2 is 1.42 bits per heavy atom. The van der Waals surface area contributed by atoms with Gasteiger partial charge in [0.25, 0.3) is 0 Å². The Morgan fingerprint density at radius 3 is 2.00 bits per heavy atom. The molecule has 132 valence electrons. The lowest BCUT2D eigenvalue weighted by atomic mass is 9.52. The van der Waals surface area contributed by atoms with Crippen LogP contribution in [0.1, 0.15) is 27.8 Å². The second kappa shape index (κ2) is 6.17. The highest BCUT2D eigenvalue weighted by molar-refractivity contribution is 6.81. The maximum absolute atomic E-state index is 11.4. The number of anilines is 1. The van der Waals surface area contributed by atoms with Gasteiger partial charge in [-0.15, -0.1) is 0 Å². The summed E-state index contributed by atoms with van der Waals surface area (Å²) in [4.78, 5) is 2.16. The standard InChI is InChI=1S/C23H26BNO/c1-14-12-15(2)23(16(3)13-14)24(26)19-10-8-17-6-7-18-9-11-20(25(4)5)22(19)21(17)18/h8-13,26H,6-7H2,1-5H3. The van der Waals surface area contributed by atoms with E-state index in [4.69, 9.17) is 0 Å². The first-order valence-corrected chi connectivity index (χ1v) is 9.39. The number of hydrogen-bond donors (Lipinski definition) is 1. The molecule has 3 heteroatoms. The van der Waals surface area contributed by atoms with Crippen molar-refractivity contribution in [3.63, 3.8) is 0 Å². The van der Waals surface area contributed by atoms with Crippen molar-refractivity contribution in [2.75, 3.05) is 19.0 Å². The third kappa shape index (κ3) is 2.54. The summed E-state index contributed by atoms with van der Waals surface area (Å²) in [5, 5.41) is 14.0. The molecule has 2 nitrogen and oxygen atoms in total. The molecule has 0 heterocycles. The number of aryl methyl sites for hydroxylation is 5. The van der Waals surface area contributed by atoms with Crippen molar-refractivity contribution in [1.29, 1.82) is 0 Å². The second-order valence-electron chi connectivity index (χ2n) is 7.92. The number of benzene rings is 3. The number of hydrogen-bond acceptors (Lipinski definition) is 2. The molecular weight excluding hydrogens is 317 g/mol. The molecule has 0 saturated carbocycles. The van der Waals surface area contributed by atoms with E-state index in [1.54, 1.807) is 0 Å². The summed E-state index contributed by atoms with van der Waals surface area (Å²) < 4.78 is 0. The summed E-state index contributed by atoms with van der Waals surface area (Å²) in [6.45, 7) is 5.70. The molecule has 0 bridgehead atoms. The lowest BCUT2D eigenvalue weighted by Gasteiger charge is -2.22. The molecule has 0 aliphatic heterocycles. The van der Waals surface area contributed by atoms with Gasteiger partial charge in [-0.25, -0.2) is 0 Å². The minimum Gasteiger partial charge on any atom is -0.443 e. The van der Waals surface area contributed by atoms with Crippen LogP contribution >= 0.6 is 0 Å². The maximum Gasteiger partial charge on any atom is 0.360 e. The Bertz CT molecular complexity index is 989. The number of rotatable bonds is 3. The first-order valence-electron chi connectivity index (χ1n) is 9.39. The van der Waals surface area contributed by atoms with Gasteiger partial charge in [0, 0.05) is 25.2 Å². The van der Waals surface area contributed by atoms with E-state index in [-0.39, 0.29) is 0 Å². The van der Waals surface area contributed by atoms with E-state index in [9.17, 15) is 5.02 Å². The smallest absolute Gasteiger partial charge is 0.360 e. The van der Waals surface area contributed by atoms with Gasteiger partial charge in [0.05, 0.1) is 0 Å². The quantitative estimate of drug-likeness (QED) is 0.739. The molecule has 1 aliphatic carbocycles. The van der Waals surface area contributed by atoms with Crippen LogP contribution in [0.3, 0.4) is 0 Å². The molecule has 0 unspecified atom stereocenters. The van der Waals surface area contributed by atoms with E-state index in [2.05, 4.69) is 76.2 Å². The number of nitrogens with zero attached hydrogens (tertiary/aromatic N) is 1. The lowest BCUT2D eigenvalue weighted by molar-refractivity contribution is 0.600. The maximum atomic E-state index is 11.4. The Morgan fingerprint density at radius 1 is 0.846 bits per heavy atom. The van der Waals surface area contributed by atoms with Crippen molar-refractivity contribution < 1.29 is 5.02 Å². The van der Waals surface area contributed by atoms with Gasteiger partial charge in [-0.3, -0.25) is 0 Å². The Hall–Kier alpha value is -2.26. The minimum atomic E-state index is -0.612. The minimum absolute atomic E-state index is 0.612. The SMILES string of the molecule is Cc1cc(C)c(B(O)c2ccc3c4c(ccc(N(C)C)c24)CC3)c(C)c1. The van der Waals surface area contributed by atoms with Gasteiger partial charge < -0.3 is 9.92 Å². The monoisotopic (exact) mass is 343 g/mol. The van der Waals surface area contributed by atoms with E-state index < -0.39 is 6.92 Å². The van der Waals surface area contributed by atoms with Gasteiger partial charge in [0.2, 0.25) is 0 Å². The molecule has 4 rings (SSSR count). The summed E-state index contributed by atoms with van der Waals surface area (Å²) in [6.07, 6.45) is 2.20. The van der Waals surface area contributed by atoms with Crippen LogP contribution in [0.4, 0.5) is 5.69 Å². The molecule has 0 saturated heterocycles. The fourth-order valence-electron chi connectivity index (χ4n) is 4.72. The zero-order valence-electron chi connectivity index (χ0n) is 16.4. The van der Waals surface area contributed by atoms with Crippen molar-refractivity contribution in [3.8, 4) is 0 Å². The third-order valence-corrected chi connectivity index (χ3v) is 5.80. The Labute approximate surface area is 156 Å². The normalized spacial score (nSPS) is 12.7. The molecule has 0 fully saturated rings. The molecular formula is C23H26BNO. The van der Waals surface area contributed by atoms with Gasteiger partial charge in [-0.1, -0.05) is 47.0 Å². The topological polar surface area (TPSA) is 23.5 Å². The molecule has 0 radical (unpaired) electrons. The van der Waals surface area contributed by atoms with Crippen LogP contribution < -0.4 is 15.8 Å². The van der Waals surface area contributed by atoms with Crippen molar-refractivity contribution >= 4 is 34.3 Å². The van der Waals surface area contributed by atoms with Crippen LogP contribution in [0, 0.1) is 20.8 Å². The first-order chi connectivity index (χ1) is 12.4. The molecule has 1 N–H and O–H groups in total. The van der Waals surface area contributed by atoms with Crippen LogP contribution in [-0.4, -0.2) is 26.0 Å². The average Bonchev–Trinajstić information content (AvgIpc) is 2.99. The van der Waals surface area contributed by atoms with Gasteiger partial charge in [-0.05, 0) is 67.1 Å². The summed E-state index contributed by atoms with van der Waals surface area (Å²) in [5.41, 5.74) is 9.62. The third-order valence-electron chi connectivity index (χ3n) is 5.80. The van der Waals surface area contributed by atoms with Gasteiger partial charge in [0.1, 0.15) is 0 Å². The fourth-order valence-corrected chi connectivity index (χ4v) is 4.72. The summed E-state index contributed by atoms with van der Waals surface area (Å²) in [6, 6.07) is 13.2. The predicted octanol–water partition coefficient (Wildman–Crippen LogP) is 3.03. The van der Waals surface area contributed by atoms with Crippen molar-refractivity contribution in [1.82, 2.24) is 0 Å². The van der Waals surface area contributed by atoms with Crippen molar-refractivity contribution in [3.05, 3.63) is 64.2 Å². The molecule has 0 aromatic heterocycles. The average molecular weight is 343 g/mol. The molecule has 3 aromatic rings. The fraction of sp³-hybridized carbons (Fsp3) is 0.304. The van der Waals surface area contributed by atoms with Gasteiger partial charge in [-0.2, -0.15) is 0 Å². The van der Waals surface area contributed by atoms with Crippen LogP contribution in [0.15, 0.2) is 36.4 Å². The van der Waals surface area contributed by atoms with Crippen molar-refractivity contribution in [2.45, 2.75) is 33.6 Å². The molecule has 0 spiro atoms. The highest BCUT2D eigenvalue weighted by atomic mass is 16.2. The van der Waals surface area contributed by atoms with Crippen LogP contribution in [-0.2, 0) is 12.8 Å². The predicted molar refractivity (Wildman–Crippen MR) is 114 cm³/mol. The summed E-state index contributed by atoms with van der Waals surface area (Å²) in [5.74, 6) is 0. The zero-order valence-corrected chi connectivity index (χ0v) is 16.4. The summed E-state index contributed by atoms with van der Waals surface area (Å²) >= 11 is 0. The van der Waals surface area contributed by atoms with E-state index >= 15 is 0 Å². The molecule has 3 aromatic carbocycles. The first kappa shape index (κ1) is 17.2. The van der Waals surface area contributed by atoms with Crippen LogP contribution in [0.25, 0.3) is 10.8 Å². The summed E-state index contributed by atoms with van der Waals surface area (Å²) in [7, 11) is 4.16. The van der Waals surface area contributed by atoms with E-state index in [1.807, 2.05) is 0 Å². The van der Waals surface area contributed by atoms with E-state index in [1.165, 1.54) is 33.2 Å². The van der Waals surface area contributed by atoms with Gasteiger partial charge in [0.15, 0.2) is 0 Å². The molecule has 1 aliphatic rings. The zero-order chi connectivity index (χ0) is 18.6. The molecule has 26 heavy (non-hydrogen) atoms. The largest absolute Gasteiger partial charge is 0.443 e. The van der Waals surface area contributed by atoms with Gasteiger partial charge >= 0.3 is 6.92 Å². The van der Waals surface area contributed by atoms with Crippen LogP contribution in [0.5, 0.6) is 0 Å². The van der Waals surface area contributed by atoms with Crippen LogP contribution in [0.2, 0.25) is 0 Å². The van der Waals surface area contributed by atoms with E-state index in [0.717, 1.165) is 34.9 Å². The Kier molecular flexibility index (Phi) is 4.08. The molecule has 0 amide bonds. The van der Waals surface area contributed by atoms with E-state index in [0.29, 0.717) is 0 Å². The second-order valence-corrected chi connectivity index (χ2v) is 7.92. The molecule has 0 atom stereocenters. The highest BCUT2D eigenvalue weighted by Gasteiger charge is 2.27. The Balaban J connectivity index is 2.01.